The Kier molecular flexibility index (Phi) is 3.31. The first kappa shape index (κ1) is 11.2. The van der Waals surface area contributed by atoms with Crippen molar-refractivity contribution in [2.24, 2.45) is 0 Å². The molecule has 1 heteroatoms. The van der Waals surface area contributed by atoms with Crippen LogP contribution in [0.1, 0.15) is 16.7 Å². The highest BCUT2D eigenvalue weighted by Crippen LogP contribution is 2.25. The van der Waals surface area contributed by atoms with E-state index in [4.69, 9.17) is 11.6 Å². The average Bonchev–Trinajstić information content (AvgIpc) is 2.32. The molecule has 0 spiro atoms. The number of rotatable bonds is 2. The lowest BCUT2D eigenvalue weighted by Crippen LogP contribution is -1.85. The maximum atomic E-state index is 5.78. The summed E-state index contributed by atoms with van der Waals surface area (Å²) >= 11 is 5.78. The summed E-state index contributed by atoms with van der Waals surface area (Å²) in [5, 5.41) is 0. The second-order valence-electron chi connectivity index (χ2n) is 4.15. The van der Waals surface area contributed by atoms with E-state index in [-0.39, 0.29) is 0 Å². The molecule has 0 heterocycles. The Balaban J connectivity index is 2.45. The number of halogens is 1. The third kappa shape index (κ3) is 2.28. The largest absolute Gasteiger partial charge is 0.122 e. The molecule has 0 fully saturated rings. The summed E-state index contributed by atoms with van der Waals surface area (Å²) in [6, 6.07) is 15.0. The SMILES string of the molecule is Cc1ccc(C)c(-c2ccc(CCl)cc2)c1. The number of hydrogen-bond donors (Lipinski definition) is 0. The highest BCUT2D eigenvalue weighted by Gasteiger charge is 2.01. The summed E-state index contributed by atoms with van der Waals surface area (Å²) in [6.45, 7) is 4.26. The summed E-state index contributed by atoms with van der Waals surface area (Å²) < 4.78 is 0. The quantitative estimate of drug-likeness (QED) is 0.656. The van der Waals surface area contributed by atoms with Gasteiger partial charge in [0, 0.05) is 5.88 Å². The van der Waals surface area contributed by atoms with Crippen molar-refractivity contribution < 1.29 is 0 Å². The first-order valence-corrected chi connectivity index (χ1v) is 5.96. The second kappa shape index (κ2) is 4.71. The number of aryl methyl sites for hydroxylation is 2. The Hall–Kier alpha value is -1.27. The molecular weight excluding hydrogens is 216 g/mol. The van der Waals surface area contributed by atoms with Gasteiger partial charge in [-0.1, -0.05) is 48.0 Å². The minimum Gasteiger partial charge on any atom is -0.122 e. The maximum Gasteiger partial charge on any atom is 0.0474 e. The number of alkyl halides is 1. The summed E-state index contributed by atoms with van der Waals surface area (Å²) in [5.74, 6) is 0.576. The van der Waals surface area contributed by atoms with Gasteiger partial charge in [-0.2, -0.15) is 0 Å². The summed E-state index contributed by atoms with van der Waals surface area (Å²) in [6.07, 6.45) is 0. The topological polar surface area (TPSA) is 0 Å². The van der Waals surface area contributed by atoms with Crippen molar-refractivity contribution in [1.29, 1.82) is 0 Å². The summed E-state index contributed by atoms with van der Waals surface area (Å²) in [4.78, 5) is 0. The van der Waals surface area contributed by atoms with E-state index in [0.29, 0.717) is 5.88 Å². The predicted molar refractivity (Wildman–Crippen MR) is 70.9 cm³/mol. The van der Waals surface area contributed by atoms with Gasteiger partial charge in [-0.05, 0) is 36.1 Å². The molecule has 0 aliphatic carbocycles. The van der Waals surface area contributed by atoms with Crippen LogP contribution in [0.5, 0.6) is 0 Å². The molecule has 0 atom stereocenters. The summed E-state index contributed by atoms with van der Waals surface area (Å²) in [5.41, 5.74) is 6.33. The van der Waals surface area contributed by atoms with Crippen LogP contribution in [-0.2, 0) is 5.88 Å². The number of benzene rings is 2. The molecule has 0 saturated heterocycles. The molecule has 0 nitrogen and oxygen atoms in total. The van der Waals surface area contributed by atoms with E-state index >= 15 is 0 Å². The Labute approximate surface area is 102 Å². The lowest BCUT2D eigenvalue weighted by atomic mass is 9.98. The summed E-state index contributed by atoms with van der Waals surface area (Å²) in [7, 11) is 0. The molecule has 0 bridgehead atoms. The van der Waals surface area contributed by atoms with Crippen LogP contribution >= 0.6 is 11.6 Å². The minimum atomic E-state index is 0.576. The van der Waals surface area contributed by atoms with Crippen molar-refractivity contribution in [2.45, 2.75) is 19.7 Å². The zero-order valence-corrected chi connectivity index (χ0v) is 10.4. The van der Waals surface area contributed by atoms with E-state index < -0.39 is 0 Å². The average molecular weight is 231 g/mol. The zero-order chi connectivity index (χ0) is 11.5. The minimum absolute atomic E-state index is 0.576. The Morgan fingerprint density at radius 1 is 0.938 bits per heavy atom. The third-order valence-corrected chi connectivity index (χ3v) is 3.12. The molecule has 0 aliphatic heterocycles. The van der Waals surface area contributed by atoms with Crippen molar-refractivity contribution in [3.8, 4) is 11.1 Å². The first-order chi connectivity index (χ1) is 7.70. The van der Waals surface area contributed by atoms with Gasteiger partial charge in [0.15, 0.2) is 0 Å². The van der Waals surface area contributed by atoms with Crippen molar-refractivity contribution in [1.82, 2.24) is 0 Å². The van der Waals surface area contributed by atoms with Crippen LogP contribution in [-0.4, -0.2) is 0 Å². The fourth-order valence-electron chi connectivity index (χ4n) is 1.82. The van der Waals surface area contributed by atoms with Crippen molar-refractivity contribution in [3.63, 3.8) is 0 Å². The fourth-order valence-corrected chi connectivity index (χ4v) is 2.00. The van der Waals surface area contributed by atoms with E-state index in [0.717, 1.165) is 5.56 Å². The van der Waals surface area contributed by atoms with Crippen molar-refractivity contribution in [3.05, 3.63) is 59.2 Å². The molecule has 82 valence electrons. The van der Waals surface area contributed by atoms with Crippen LogP contribution in [0.4, 0.5) is 0 Å². The molecule has 0 unspecified atom stereocenters. The molecule has 0 amide bonds. The highest BCUT2D eigenvalue weighted by molar-refractivity contribution is 6.17. The van der Waals surface area contributed by atoms with E-state index in [2.05, 4.69) is 56.3 Å². The molecule has 2 aromatic rings. The maximum absolute atomic E-state index is 5.78. The van der Waals surface area contributed by atoms with E-state index in [1.807, 2.05) is 0 Å². The second-order valence-corrected chi connectivity index (χ2v) is 4.42. The van der Waals surface area contributed by atoms with Crippen LogP contribution in [0.2, 0.25) is 0 Å². The van der Waals surface area contributed by atoms with Gasteiger partial charge < -0.3 is 0 Å². The first-order valence-electron chi connectivity index (χ1n) is 5.43. The Morgan fingerprint density at radius 2 is 1.62 bits per heavy atom. The lowest BCUT2D eigenvalue weighted by molar-refractivity contribution is 1.37. The molecule has 2 rings (SSSR count). The van der Waals surface area contributed by atoms with Gasteiger partial charge in [-0.15, -0.1) is 11.6 Å². The Bertz CT molecular complexity index is 483. The molecule has 0 N–H and O–H groups in total. The molecule has 0 aliphatic rings. The fraction of sp³-hybridized carbons (Fsp3) is 0.200. The van der Waals surface area contributed by atoms with Gasteiger partial charge in [0.25, 0.3) is 0 Å². The lowest BCUT2D eigenvalue weighted by Gasteiger charge is -2.07. The van der Waals surface area contributed by atoms with Crippen molar-refractivity contribution in [2.75, 3.05) is 0 Å². The van der Waals surface area contributed by atoms with Gasteiger partial charge in [-0.25, -0.2) is 0 Å². The monoisotopic (exact) mass is 230 g/mol. The molecule has 0 radical (unpaired) electrons. The predicted octanol–water partition coefficient (Wildman–Crippen LogP) is 4.71. The van der Waals surface area contributed by atoms with Crippen LogP contribution in [0.15, 0.2) is 42.5 Å². The van der Waals surface area contributed by atoms with Gasteiger partial charge in [0.2, 0.25) is 0 Å². The van der Waals surface area contributed by atoms with Crippen LogP contribution in [0.25, 0.3) is 11.1 Å². The van der Waals surface area contributed by atoms with Gasteiger partial charge in [-0.3, -0.25) is 0 Å². The van der Waals surface area contributed by atoms with E-state index in [9.17, 15) is 0 Å². The molecule has 0 saturated carbocycles. The highest BCUT2D eigenvalue weighted by atomic mass is 35.5. The smallest absolute Gasteiger partial charge is 0.0474 e. The molecule has 2 aromatic carbocycles. The Morgan fingerprint density at radius 3 is 2.25 bits per heavy atom. The molecule has 16 heavy (non-hydrogen) atoms. The zero-order valence-electron chi connectivity index (χ0n) is 9.63. The standard InChI is InChI=1S/C15H15Cl/c1-11-3-4-12(2)15(9-11)14-7-5-13(10-16)6-8-14/h3-9H,10H2,1-2H3. The third-order valence-electron chi connectivity index (χ3n) is 2.81. The van der Waals surface area contributed by atoms with Crippen LogP contribution in [0.3, 0.4) is 0 Å². The number of hydrogen-bond acceptors (Lipinski definition) is 0. The normalized spacial score (nSPS) is 10.4. The van der Waals surface area contributed by atoms with Crippen LogP contribution in [0, 0.1) is 13.8 Å². The van der Waals surface area contributed by atoms with Crippen LogP contribution < -0.4 is 0 Å². The molecular formula is C15H15Cl. The van der Waals surface area contributed by atoms with E-state index in [1.165, 1.54) is 22.3 Å². The van der Waals surface area contributed by atoms with Gasteiger partial charge >= 0.3 is 0 Å². The van der Waals surface area contributed by atoms with E-state index in [1.54, 1.807) is 0 Å². The van der Waals surface area contributed by atoms with Gasteiger partial charge in [0.05, 0.1) is 0 Å². The molecule has 0 aromatic heterocycles. The van der Waals surface area contributed by atoms with Crippen molar-refractivity contribution >= 4 is 11.6 Å². The van der Waals surface area contributed by atoms with Gasteiger partial charge in [0.1, 0.15) is 0 Å².